The van der Waals surface area contributed by atoms with Gasteiger partial charge in [-0.1, -0.05) is 35.3 Å². The van der Waals surface area contributed by atoms with Crippen molar-refractivity contribution in [3.05, 3.63) is 129 Å². The Kier molecular flexibility index (Phi) is 8.93. The van der Waals surface area contributed by atoms with Gasteiger partial charge in [-0.15, -0.1) is 0 Å². The normalized spacial score (nSPS) is 14.8. The first-order chi connectivity index (χ1) is 20.6. The van der Waals surface area contributed by atoms with Crippen molar-refractivity contribution in [3.8, 4) is 0 Å². The van der Waals surface area contributed by atoms with Crippen molar-refractivity contribution in [3.63, 3.8) is 0 Å². The van der Waals surface area contributed by atoms with Crippen molar-refractivity contribution < 1.29 is 31.6 Å². The molecule has 9 nitrogen and oxygen atoms in total. The second-order valence-corrected chi connectivity index (χ2v) is 12.4. The SMILES string of the molecule is COC(=O)C1=C(C)N(Cc2ccco2)C(=O)/C1=C\c1ccc(CN(Cc2ccc(Cl)cc2)S(=O)(=O)c2ccc(Cl)cc2)o1. The molecular formula is C31H26Cl2N2O7S. The molecule has 12 heteroatoms. The molecule has 2 aromatic heterocycles. The second-order valence-electron chi connectivity index (χ2n) is 9.64. The number of hydrogen-bond donors (Lipinski definition) is 0. The van der Waals surface area contributed by atoms with Crippen LogP contribution in [-0.2, 0) is 44.0 Å². The zero-order chi connectivity index (χ0) is 30.7. The first-order valence-corrected chi connectivity index (χ1v) is 15.2. The van der Waals surface area contributed by atoms with E-state index < -0.39 is 21.9 Å². The molecule has 0 bridgehead atoms. The van der Waals surface area contributed by atoms with E-state index in [2.05, 4.69) is 0 Å². The van der Waals surface area contributed by atoms with Crippen LogP contribution in [0.2, 0.25) is 10.0 Å². The average molecular weight is 642 g/mol. The summed E-state index contributed by atoms with van der Waals surface area (Å²) in [5.41, 5.74) is 1.32. The summed E-state index contributed by atoms with van der Waals surface area (Å²) in [6, 6.07) is 19.4. The molecule has 0 spiro atoms. The Morgan fingerprint density at radius 1 is 0.953 bits per heavy atom. The van der Waals surface area contributed by atoms with Crippen LogP contribution in [0.15, 0.2) is 110 Å². The highest BCUT2D eigenvalue weighted by Gasteiger charge is 2.37. The maximum atomic E-state index is 13.7. The summed E-state index contributed by atoms with van der Waals surface area (Å²) in [6.07, 6.45) is 2.95. The lowest BCUT2D eigenvalue weighted by Gasteiger charge is -2.21. The lowest BCUT2D eigenvalue weighted by molar-refractivity contribution is -0.136. The van der Waals surface area contributed by atoms with Gasteiger partial charge >= 0.3 is 5.97 Å². The van der Waals surface area contributed by atoms with Gasteiger partial charge < -0.3 is 18.5 Å². The van der Waals surface area contributed by atoms with E-state index in [0.29, 0.717) is 32.8 Å². The predicted molar refractivity (Wildman–Crippen MR) is 160 cm³/mol. The fraction of sp³-hybridized carbons (Fsp3) is 0.161. The van der Waals surface area contributed by atoms with Crippen molar-refractivity contribution in [1.29, 1.82) is 0 Å². The Bertz CT molecular complexity index is 1810. The van der Waals surface area contributed by atoms with E-state index in [1.165, 1.54) is 52.9 Å². The molecule has 0 saturated heterocycles. The van der Waals surface area contributed by atoms with E-state index in [1.54, 1.807) is 55.5 Å². The minimum absolute atomic E-state index is 0.0356. The molecule has 0 N–H and O–H groups in total. The number of carbonyl (C=O) groups excluding carboxylic acids is 2. The van der Waals surface area contributed by atoms with E-state index in [4.69, 9.17) is 36.8 Å². The molecule has 3 heterocycles. The number of benzene rings is 2. The van der Waals surface area contributed by atoms with Gasteiger partial charge in [0.1, 0.15) is 17.3 Å². The monoisotopic (exact) mass is 640 g/mol. The summed E-state index contributed by atoms with van der Waals surface area (Å²) in [6.45, 7) is 1.70. The third kappa shape index (κ3) is 6.62. The van der Waals surface area contributed by atoms with Gasteiger partial charge in [-0.2, -0.15) is 4.31 Å². The standard InChI is InChI=1S/C31H26Cl2N2O7S/c1-20-29(31(37)40-2)28(30(36)35(20)19-25-4-3-15-41-25)16-24-11-12-26(42-24)18-34(17-21-5-7-22(32)8-6-21)43(38,39)27-13-9-23(33)10-14-27/h3-16H,17-19H2,1-2H3/b28-16-. The van der Waals surface area contributed by atoms with Crippen LogP contribution in [0.25, 0.3) is 6.08 Å². The summed E-state index contributed by atoms with van der Waals surface area (Å²) < 4.78 is 45.0. The predicted octanol–water partition coefficient (Wildman–Crippen LogP) is 6.44. The Balaban J connectivity index is 1.45. The van der Waals surface area contributed by atoms with Crippen LogP contribution < -0.4 is 0 Å². The molecule has 4 aromatic rings. The number of rotatable bonds is 10. The first kappa shape index (κ1) is 30.4. The summed E-state index contributed by atoms with van der Waals surface area (Å²) in [4.78, 5) is 27.6. The minimum Gasteiger partial charge on any atom is -0.467 e. The number of allylic oxidation sites excluding steroid dienone is 1. The lowest BCUT2D eigenvalue weighted by Crippen LogP contribution is -2.30. The van der Waals surface area contributed by atoms with Gasteiger partial charge in [0.25, 0.3) is 5.91 Å². The average Bonchev–Trinajstić information content (AvgIpc) is 3.72. The molecule has 2 aromatic carbocycles. The molecule has 0 aliphatic carbocycles. The molecule has 0 fully saturated rings. The van der Waals surface area contributed by atoms with E-state index in [9.17, 15) is 18.0 Å². The number of furan rings is 2. The number of hydrogen-bond acceptors (Lipinski definition) is 7. The fourth-order valence-corrected chi connectivity index (χ4v) is 6.27. The summed E-state index contributed by atoms with van der Waals surface area (Å²) in [5.74, 6) is 0.0105. The van der Waals surface area contributed by atoms with E-state index in [0.717, 1.165) is 0 Å². The number of halogens is 2. The molecule has 0 atom stereocenters. The fourth-order valence-electron chi connectivity index (χ4n) is 4.62. The molecule has 1 aliphatic heterocycles. The van der Waals surface area contributed by atoms with Crippen LogP contribution in [0.4, 0.5) is 0 Å². The maximum absolute atomic E-state index is 13.7. The number of carbonyl (C=O) groups is 2. The van der Waals surface area contributed by atoms with Crippen LogP contribution >= 0.6 is 23.2 Å². The van der Waals surface area contributed by atoms with Crippen molar-refractivity contribution in [2.24, 2.45) is 0 Å². The number of nitrogens with zero attached hydrogens (tertiary/aromatic N) is 2. The zero-order valence-corrected chi connectivity index (χ0v) is 25.4. The van der Waals surface area contributed by atoms with E-state index in [-0.39, 0.29) is 41.4 Å². The summed E-state index contributed by atoms with van der Waals surface area (Å²) >= 11 is 12.0. The molecule has 43 heavy (non-hydrogen) atoms. The molecule has 0 saturated carbocycles. The van der Waals surface area contributed by atoms with Crippen molar-refractivity contribution in [1.82, 2.24) is 9.21 Å². The van der Waals surface area contributed by atoms with Crippen LogP contribution in [0, 0.1) is 0 Å². The third-order valence-electron chi connectivity index (χ3n) is 6.82. The number of amides is 1. The van der Waals surface area contributed by atoms with Gasteiger partial charge in [0.2, 0.25) is 10.0 Å². The molecule has 222 valence electrons. The Morgan fingerprint density at radius 2 is 1.63 bits per heavy atom. The van der Waals surface area contributed by atoms with Gasteiger partial charge in [0.05, 0.1) is 42.5 Å². The summed E-state index contributed by atoms with van der Waals surface area (Å²) in [5, 5.41) is 0.936. The van der Waals surface area contributed by atoms with E-state index >= 15 is 0 Å². The van der Waals surface area contributed by atoms with Crippen molar-refractivity contribution >= 4 is 51.2 Å². The Hall–Kier alpha value is -4.09. The van der Waals surface area contributed by atoms with Gasteiger partial charge in [0.15, 0.2) is 0 Å². The number of esters is 1. The quantitative estimate of drug-likeness (QED) is 0.145. The van der Waals surface area contributed by atoms with Crippen molar-refractivity contribution in [2.45, 2.75) is 31.5 Å². The van der Waals surface area contributed by atoms with Gasteiger partial charge in [0, 0.05) is 22.3 Å². The molecule has 1 amide bonds. The van der Waals surface area contributed by atoms with Gasteiger partial charge in [-0.25, -0.2) is 13.2 Å². The highest BCUT2D eigenvalue weighted by molar-refractivity contribution is 7.89. The minimum atomic E-state index is -3.98. The zero-order valence-electron chi connectivity index (χ0n) is 23.1. The summed E-state index contributed by atoms with van der Waals surface area (Å²) in [7, 11) is -2.74. The number of methoxy groups -OCH3 is 1. The molecule has 1 aliphatic rings. The van der Waals surface area contributed by atoms with E-state index in [1.807, 2.05) is 0 Å². The van der Waals surface area contributed by atoms with Gasteiger partial charge in [-0.05, 0) is 79.2 Å². The van der Waals surface area contributed by atoms with Crippen LogP contribution in [0.1, 0.15) is 29.8 Å². The number of sulfonamides is 1. The topological polar surface area (TPSA) is 110 Å². The van der Waals surface area contributed by atoms with Crippen LogP contribution in [0.5, 0.6) is 0 Å². The Morgan fingerprint density at radius 3 is 2.26 bits per heavy atom. The molecule has 0 radical (unpaired) electrons. The Labute approximate surface area is 258 Å². The smallest absolute Gasteiger partial charge is 0.340 e. The van der Waals surface area contributed by atoms with Crippen molar-refractivity contribution in [2.75, 3.05) is 7.11 Å². The first-order valence-electron chi connectivity index (χ1n) is 13.0. The number of ether oxygens (including phenoxy) is 1. The third-order valence-corrected chi connectivity index (χ3v) is 9.13. The second kappa shape index (κ2) is 12.6. The molecular weight excluding hydrogens is 615 g/mol. The maximum Gasteiger partial charge on any atom is 0.340 e. The molecule has 0 unspecified atom stereocenters. The van der Waals surface area contributed by atoms with Gasteiger partial charge in [-0.3, -0.25) is 4.79 Å². The molecule has 5 rings (SSSR count). The van der Waals surface area contributed by atoms with Crippen LogP contribution in [-0.4, -0.2) is 36.6 Å². The lowest BCUT2D eigenvalue weighted by atomic mass is 10.1. The highest BCUT2D eigenvalue weighted by Crippen LogP contribution is 2.33. The largest absolute Gasteiger partial charge is 0.467 e. The van der Waals surface area contributed by atoms with Crippen LogP contribution in [0.3, 0.4) is 0 Å². The highest BCUT2D eigenvalue weighted by atomic mass is 35.5.